The van der Waals surface area contributed by atoms with Gasteiger partial charge in [-0.1, -0.05) is 30.3 Å². The summed E-state index contributed by atoms with van der Waals surface area (Å²) in [6.07, 6.45) is 1.45. The molecule has 2 aromatic rings. The zero-order valence-electron chi connectivity index (χ0n) is 12.8. The molecule has 1 aromatic carbocycles. The SMILES string of the molecule is CN(Cc1ccccc1)c1cc(/C=C2\NC(=O)NC2=O)nc(Cl)n1. The van der Waals surface area contributed by atoms with Gasteiger partial charge in [-0.3, -0.25) is 10.1 Å². The zero-order chi connectivity index (χ0) is 17.1. The highest BCUT2D eigenvalue weighted by atomic mass is 35.5. The molecule has 122 valence electrons. The van der Waals surface area contributed by atoms with E-state index < -0.39 is 11.9 Å². The fourth-order valence-electron chi connectivity index (χ4n) is 2.26. The number of aromatic nitrogens is 2. The molecule has 2 N–H and O–H groups in total. The molecule has 0 radical (unpaired) electrons. The molecule has 0 bridgehead atoms. The Bertz CT molecular complexity index is 822. The third-order valence-electron chi connectivity index (χ3n) is 3.37. The minimum Gasteiger partial charge on any atom is -0.355 e. The van der Waals surface area contributed by atoms with E-state index in [1.807, 2.05) is 42.3 Å². The fraction of sp³-hybridized carbons (Fsp3) is 0.125. The maximum absolute atomic E-state index is 11.6. The summed E-state index contributed by atoms with van der Waals surface area (Å²) < 4.78 is 0. The van der Waals surface area contributed by atoms with Crippen molar-refractivity contribution >= 4 is 35.4 Å². The molecule has 0 aliphatic carbocycles. The standard InChI is InChI=1S/C16H14ClN5O2/c1-22(9-10-5-3-2-4-6-10)13-8-11(18-15(17)20-13)7-12-14(23)21-16(24)19-12/h2-8H,9H2,1H3,(H2,19,21,23,24)/b12-7-. The zero-order valence-corrected chi connectivity index (χ0v) is 13.5. The van der Waals surface area contributed by atoms with Crippen LogP contribution in [0.4, 0.5) is 10.6 Å². The van der Waals surface area contributed by atoms with E-state index in [1.165, 1.54) is 6.08 Å². The van der Waals surface area contributed by atoms with Crippen LogP contribution in [0.3, 0.4) is 0 Å². The first-order valence-corrected chi connectivity index (χ1v) is 7.53. The minimum atomic E-state index is -0.562. The monoisotopic (exact) mass is 343 g/mol. The number of hydrogen-bond donors (Lipinski definition) is 2. The molecule has 2 heterocycles. The second-order valence-corrected chi connectivity index (χ2v) is 5.57. The summed E-state index contributed by atoms with van der Waals surface area (Å²) in [6, 6.07) is 11.0. The molecule has 1 saturated heterocycles. The maximum Gasteiger partial charge on any atom is 0.326 e. The van der Waals surface area contributed by atoms with E-state index >= 15 is 0 Å². The van der Waals surface area contributed by atoms with Crippen molar-refractivity contribution in [3.8, 4) is 0 Å². The number of halogens is 1. The Morgan fingerprint density at radius 2 is 1.92 bits per heavy atom. The van der Waals surface area contributed by atoms with Gasteiger partial charge in [0, 0.05) is 19.7 Å². The van der Waals surface area contributed by atoms with Crippen LogP contribution < -0.4 is 15.5 Å². The van der Waals surface area contributed by atoms with Crippen molar-refractivity contribution in [1.82, 2.24) is 20.6 Å². The topological polar surface area (TPSA) is 87.2 Å². The highest BCUT2D eigenvalue weighted by Crippen LogP contribution is 2.18. The van der Waals surface area contributed by atoms with Gasteiger partial charge in [0.1, 0.15) is 11.5 Å². The van der Waals surface area contributed by atoms with Crippen LogP contribution in [0.1, 0.15) is 11.3 Å². The number of benzene rings is 1. The lowest BCUT2D eigenvalue weighted by atomic mass is 10.2. The lowest BCUT2D eigenvalue weighted by Crippen LogP contribution is -2.22. The summed E-state index contributed by atoms with van der Waals surface area (Å²) >= 11 is 5.98. The molecular weight excluding hydrogens is 330 g/mol. The maximum atomic E-state index is 11.6. The Morgan fingerprint density at radius 1 is 1.17 bits per heavy atom. The van der Waals surface area contributed by atoms with Crippen LogP contribution in [0.25, 0.3) is 6.08 Å². The van der Waals surface area contributed by atoms with E-state index in [9.17, 15) is 9.59 Å². The highest BCUT2D eigenvalue weighted by Gasteiger charge is 2.23. The van der Waals surface area contributed by atoms with Gasteiger partial charge >= 0.3 is 6.03 Å². The highest BCUT2D eigenvalue weighted by molar-refractivity contribution is 6.28. The van der Waals surface area contributed by atoms with Crippen molar-refractivity contribution < 1.29 is 9.59 Å². The molecule has 1 aliphatic rings. The number of carbonyl (C=O) groups excluding carboxylic acids is 2. The molecule has 1 aromatic heterocycles. The molecule has 3 amide bonds. The lowest BCUT2D eigenvalue weighted by Gasteiger charge is -2.18. The molecule has 1 aliphatic heterocycles. The van der Waals surface area contributed by atoms with Gasteiger partial charge in [-0.25, -0.2) is 14.8 Å². The average molecular weight is 344 g/mol. The van der Waals surface area contributed by atoms with Gasteiger partial charge in [0.25, 0.3) is 5.91 Å². The van der Waals surface area contributed by atoms with Gasteiger partial charge in [0.2, 0.25) is 5.28 Å². The third-order valence-corrected chi connectivity index (χ3v) is 3.54. The summed E-state index contributed by atoms with van der Waals surface area (Å²) in [7, 11) is 1.88. The van der Waals surface area contributed by atoms with Crippen LogP contribution in [0.15, 0.2) is 42.1 Å². The van der Waals surface area contributed by atoms with Crippen molar-refractivity contribution in [2.75, 3.05) is 11.9 Å². The first kappa shape index (κ1) is 15.9. The van der Waals surface area contributed by atoms with Gasteiger partial charge in [-0.2, -0.15) is 0 Å². The number of imide groups is 1. The van der Waals surface area contributed by atoms with Crippen LogP contribution in [0, 0.1) is 0 Å². The number of nitrogens with one attached hydrogen (secondary N) is 2. The Labute approximate surface area is 143 Å². The Balaban J connectivity index is 1.85. The van der Waals surface area contributed by atoms with E-state index in [0.29, 0.717) is 18.1 Å². The largest absolute Gasteiger partial charge is 0.355 e. The molecule has 1 fully saturated rings. The van der Waals surface area contributed by atoms with Crippen LogP contribution >= 0.6 is 11.6 Å². The summed E-state index contributed by atoms with van der Waals surface area (Å²) in [5.41, 5.74) is 1.67. The van der Waals surface area contributed by atoms with E-state index in [4.69, 9.17) is 11.6 Å². The Hall–Kier alpha value is -2.93. The molecule has 8 heteroatoms. The van der Waals surface area contributed by atoms with Crippen molar-refractivity contribution in [3.05, 3.63) is 58.6 Å². The van der Waals surface area contributed by atoms with Gasteiger partial charge in [-0.05, 0) is 23.2 Å². The number of urea groups is 1. The summed E-state index contributed by atoms with van der Waals surface area (Å²) in [5, 5.41) is 4.59. The number of anilines is 1. The summed E-state index contributed by atoms with van der Waals surface area (Å²) in [5.74, 6) is 0.101. The molecule has 0 spiro atoms. The van der Waals surface area contributed by atoms with Gasteiger partial charge in [0.05, 0.1) is 5.69 Å². The number of hydrogen-bond acceptors (Lipinski definition) is 5. The van der Waals surface area contributed by atoms with Crippen molar-refractivity contribution in [2.24, 2.45) is 0 Å². The normalized spacial score (nSPS) is 15.3. The second-order valence-electron chi connectivity index (χ2n) is 5.23. The van der Waals surface area contributed by atoms with Gasteiger partial charge < -0.3 is 10.2 Å². The molecule has 0 atom stereocenters. The number of rotatable bonds is 4. The molecule has 0 unspecified atom stereocenters. The summed E-state index contributed by atoms with van der Waals surface area (Å²) in [4.78, 5) is 32.9. The second kappa shape index (κ2) is 6.67. The molecule has 7 nitrogen and oxygen atoms in total. The van der Waals surface area contributed by atoms with Crippen molar-refractivity contribution in [2.45, 2.75) is 6.54 Å². The molecule has 24 heavy (non-hydrogen) atoms. The Morgan fingerprint density at radius 3 is 2.58 bits per heavy atom. The quantitative estimate of drug-likeness (QED) is 0.503. The van der Waals surface area contributed by atoms with E-state index in [-0.39, 0.29) is 11.0 Å². The predicted molar refractivity (Wildman–Crippen MR) is 90.2 cm³/mol. The number of carbonyl (C=O) groups is 2. The third kappa shape index (κ3) is 3.69. The number of nitrogens with zero attached hydrogens (tertiary/aromatic N) is 3. The van der Waals surface area contributed by atoms with Crippen LogP contribution in [-0.2, 0) is 11.3 Å². The molecule has 3 rings (SSSR count). The van der Waals surface area contributed by atoms with Gasteiger partial charge in [-0.15, -0.1) is 0 Å². The lowest BCUT2D eigenvalue weighted by molar-refractivity contribution is -0.115. The van der Waals surface area contributed by atoms with Crippen LogP contribution in [0.5, 0.6) is 0 Å². The first-order chi connectivity index (χ1) is 11.5. The average Bonchev–Trinajstić information content (AvgIpc) is 2.85. The molecular formula is C16H14ClN5O2. The number of amides is 3. The van der Waals surface area contributed by atoms with E-state index in [0.717, 1.165) is 5.56 Å². The summed E-state index contributed by atoms with van der Waals surface area (Å²) in [6.45, 7) is 0.640. The van der Waals surface area contributed by atoms with Crippen LogP contribution in [-0.4, -0.2) is 29.0 Å². The van der Waals surface area contributed by atoms with Crippen LogP contribution in [0.2, 0.25) is 5.28 Å². The van der Waals surface area contributed by atoms with Crippen molar-refractivity contribution in [1.29, 1.82) is 0 Å². The first-order valence-electron chi connectivity index (χ1n) is 7.15. The smallest absolute Gasteiger partial charge is 0.326 e. The van der Waals surface area contributed by atoms with Crippen molar-refractivity contribution in [3.63, 3.8) is 0 Å². The Kier molecular flexibility index (Phi) is 4.43. The van der Waals surface area contributed by atoms with E-state index in [2.05, 4.69) is 20.6 Å². The predicted octanol–water partition coefficient (Wildman–Crippen LogP) is 1.95. The fourth-order valence-corrected chi connectivity index (χ4v) is 2.45. The minimum absolute atomic E-state index is 0.0593. The van der Waals surface area contributed by atoms with Gasteiger partial charge in [0.15, 0.2) is 0 Å². The molecule has 0 saturated carbocycles. The van der Waals surface area contributed by atoms with E-state index in [1.54, 1.807) is 6.07 Å².